The Morgan fingerprint density at radius 1 is 1.08 bits per heavy atom. The van der Waals surface area contributed by atoms with Crippen LogP contribution in [0, 0.1) is 0 Å². The van der Waals surface area contributed by atoms with Gasteiger partial charge in [-0.2, -0.15) is 0 Å². The van der Waals surface area contributed by atoms with Crippen LogP contribution in [0.25, 0.3) is 0 Å². The number of carbonyl (C=O) groups excluding carboxylic acids is 1. The summed E-state index contributed by atoms with van der Waals surface area (Å²) in [6, 6.07) is 0. The highest BCUT2D eigenvalue weighted by Gasteiger charge is 2.69. The van der Waals surface area contributed by atoms with Gasteiger partial charge in [-0.3, -0.25) is 0 Å². The lowest BCUT2D eigenvalue weighted by Gasteiger charge is -2.38. The third-order valence-corrected chi connectivity index (χ3v) is 5.92. The number of hydrogen-bond donors (Lipinski definition) is 0. The number of amides is 1. The predicted octanol–water partition coefficient (Wildman–Crippen LogP) is 1.56. The minimum Gasteiger partial charge on any atom is -0.447 e. The summed E-state index contributed by atoms with van der Waals surface area (Å²) in [5, 5.41) is 0. The van der Waals surface area contributed by atoms with E-state index in [1.165, 1.54) is 0 Å². The first-order valence-electron chi connectivity index (χ1n) is 8.92. The van der Waals surface area contributed by atoms with Crippen LogP contribution in [0.1, 0.15) is 40.5 Å². The van der Waals surface area contributed by atoms with Crippen LogP contribution < -0.4 is 0 Å². The van der Waals surface area contributed by atoms with Crippen LogP contribution in [-0.4, -0.2) is 78.0 Å². The molecule has 1 amide bonds. The molecule has 7 nitrogen and oxygen atoms in total. The lowest BCUT2D eigenvalue weighted by atomic mass is 10.0. The highest BCUT2D eigenvalue weighted by Crippen LogP contribution is 2.55. The Balaban J connectivity index is 1.43. The summed E-state index contributed by atoms with van der Waals surface area (Å²) in [6.07, 6.45) is 1.69. The molecule has 0 aromatic carbocycles. The van der Waals surface area contributed by atoms with E-state index in [1.54, 1.807) is 4.90 Å². The van der Waals surface area contributed by atoms with Gasteiger partial charge in [-0.15, -0.1) is 0 Å². The van der Waals surface area contributed by atoms with Crippen molar-refractivity contribution in [3.8, 4) is 0 Å². The van der Waals surface area contributed by atoms with Crippen molar-refractivity contribution in [3.63, 3.8) is 0 Å². The van der Waals surface area contributed by atoms with Crippen molar-refractivity contribution < 1.29 is 23.7 Å². The third-order valence-electron chi connectivity index (χ3n) is 5.92. The van der Waals surface area contributed by atoms with Gasteiger partial charge in [-0.05, 0) is 40.5 Å². The molecule has 0 bridgehead atoms. The smallest absolute Gasteiger partial charge is 0.410 e. The summed E-state index contributed by atoms with van der Waals surface area (Å²) in [5.41, 5.74) is -0.974. The Bertz CT molecular complexity index is 511. The predicted molar refractivity (Wildman–Crippen MR) is 85.4 cm³/mol. The van der Waals surface area contributed by atoms with E-state index < -0.39 is 0 Å². The SMILES string of the molecule is C[C@@H]1CN(C(=O)OCC23CO[C@]4(C)CC[C@](C)(OC2)N34)C[C@@H](C)O1. The Morgan fingerprint density at radius 3 is 2.17 bits per heavy atom. The second-order valence-electron chi connectivity index (χ2n) is 8.20. The zero-order valence-electron chi connectivity index (χ0n) is 15.0. The normalized spacial score (nSPS) is 47.9. The fourth-order valence-corrected chi connectivity index (χ4v) is 4.98. The van der Waals surface area contributed by atoms with Crippen molar-refractivity contribution in [1.29, 1.82) is 0 Å². The topological polar surface area (TPSA) is 60.5 Å². The highest BCUT2D eigenvalue weighted by atomic mass is 16.6. The summed E-state index contributed by atoms with van der Waals surface area (Å²) < 4.78 is 23.6. The van der Waals surface area contributed by atoms with E-state index >= 15 is 0 Å². The van der Waals surface area contributed by atoms with Gasteiger partial charge >= 0.3 is 6.09 Å². The molecule has 0 aromatic rings. The summed E-state index contributed by atoms with van der Waals surface area (Å²) in [7, 11) is 0. The van der Waals surface area contributed by atoms with E-state index in [-0.39, 0.29) is 35.3 Å². The largest absolute Gasteiger partial charge is 0.447 e. The molecule has 0 radical (unpaired) electrons. The molecule has 7 heteroatoms. The molecular weight excluding hydrogens is 312 g/mol. The van der Waals surface area contributed by atoms with Gasteiger partial charge < -0.3 is 23.8 Å². The van der Waals surface area contributed by atoms with Gasteiger partial charge in [-0.1, -0.05) is 0 Å². The lowest BCUT2D eigenvalue weighted by Crippen LogP contribution is -2.57. The minimum absolute atomic E-state index is 0.0363. The van der Waals surface area contributed by atoms with Crippen LogP contribution in [0.15, 0.2) is 0 Å². The molecule has 136 valence electrons. The second kappa shape index (κ2) is 5.30. The van der Waals surface area contributed by atoms with Crippen molar-refractivity contribution in [2.45, 2.75) is 69.7 Å². The molecule has 0 spiro atoms. The molecule has 4 rings (SSSR count). The Kier molecular flexibility index (Phi) is 3.66. The van der Waals surface area contributed by atoms with Gasteiger partial charge in [0.2, 0.25) is 0 Å². The van der Waals surface area contributed by atoms with Gasteiger partial charge in [0.1, 0.15) is 23.6 Å². The number of morpholine rings is 1. The molecule has 0 aliphatic carbocycles. The standard InChI is InChI=1S/C17H28N2O5/c1-12-7-18(8-13(2)24-12)14(20)21-9-17-10-22-15(3)5-6-16(4,19(15)17)23-11-17/h12-13H,5-11H2,1-4H3/t12-,13-,15-,16+,17?/m1/s1. The van der Waals surface area contributed by atoms with Crippen molar-refractivity contribution >= 4 is 6.09 Å². The fourth-order valence-electron chi connectivity index (χ4n) is 4.98. The van der Waals surface area contributed by atoms with E-state index in [2.05, 4.69) is 18.7 Å². The maximum absolute atomic E-state index is 12.5. The quantitative estimate of drug-likeness (QED) is 0.760. The van der Waals surface area contributed by atoms with Crippen LogP contribution >= 0.6 is 0 Å². The Labute approximate surface area is 143 Å². The van der Waals surface area contributed by atoms with Crippen LogP contribution in [0.3, 0.4) is 0 Å². The molecule has 4 fully saturated rings. The van der Waals surface area contributed by atoms with Crippen LogP contribution in [-0.2, 0) is 18.9 Å². The van der Waals surface area contributed by atoms with E-state index in [0.717, 1.165) is 12.8 Å². The van der Waals surface area contributed by atoms with Crippen LogP contribution in [0.2, 0.25) is 0 Å². The van der Waals surface area contributed by atoms with Crippen molar-refractivity contribution in [2.24, 2.45) is 0 Å². The van der Waals surface area contributed by atoms with Crippen molar-refractivity contribution in [1.82, 2.24) is 9.80 Å². The van der Waals surface area contributed by atoms with Crippen molar-refractivity contribution in [2.75, 3.05) is 32.9 Å². The molecule has 0 aromatic heterocycles. The van der Waals surface area contributed by atoms with Crippen LogP contribution in [0.4, 0.5) is 4.79 Å². The summed E-state index contributed by atoms with van der Waals surface area (Å²) in [5.74, 6) is 0. The average Bonchev–Trinajstić information content (AvgIpc) is 3.09. The molecular formula is C17H28N2O5. The van der Waals surface area contributed by atoms with E-state index in [0.29, 0.717) is 32.9 Å². The molecule has 4 heterocycles. The van der Waals surface area contributed by atoms with Gasteiger partial charge in [0, 0.05) is 0 Å². The Morgan fingerprint density at radius 2 is 1.62 bits per heavy atom. The highest BCUT2D eigenvalue weighted by molar-refractivity contribution is 5.68. The molecule has 4 saturated heterocycles. The van der Waals surface area contributed by atoms with Crippen molar-refractivity contribution in [3.05, 3.63) is 0 Å². The van der Waals surface area contributed by atoms with E-state index in [1.807, 2.05) is 13.8 Å². The number of nitrogens with zero attached hydrogens (tertiary/aromatic N) is 2. The van der Waals surface area contributed by atoms with Gasteiger partial charge in [0.05, 0.1) is 38.5 Å². The third kappa shape index (κ3) is 2.36. The summed E-state index contributed by atoms with van der Waals surface area (Å²) in [6.45, 7) is 10.7. The number of ether oxygens (including phenoxy) is 4. The molecule has 0 N–H and O–H groups in total. The average molecular weight is 340 g/mol. The number of rotatable bonds is 2. The Hall–Kier alpha value is -0.890. The first kappa shape index (κ1) is 16.6. The molecule has 4 aliphatic heterocycles. The van der Waals surface area contributed by atoms with Gasteiger partial charge in [0.15, 0.2) is 0 Å². The van der Waals surface area contributed by atoms with Crippen LogP contribution in [0.5, 0.6) is 0 Å². The van der Waals surface area contributed by atoms with E-state index in [4.69, 9.17) is 18.9 Å². The zero-order valence-corrected chi connectivity index (χ0v) is 15.0. The van der Waals surface area contributed by atoms with Gasteiger partial charge in [0.25, 0.3) is 0 Å². The maximum atomic E-state index is 12.5. The fraction of sp³-hybridized carbons (Fsp3) is 0.941. The summed E-state index contributed by atoms with van der Waals surface area (Å²) >= 11 is 0. The number of hydrogen-bond acceptors (Lipinski definition) is 6. The zero-order chi connectivity index (χ0) is 17.2. The molecule has 4 aliphatic rings. The second-order valence-corrected chi connectivity index (χ2v) is 8.20. The molecule has 5 atom stereocenters. The molecule has 1 unspecified atom stereocenters. The lowest BCUT2D eigenvalue weighted by molar-refractivity contribution is -0.126. The number of carbonyl (C=O) groups is 1. The monoisotopic (exact) mass is 340 g/mol. The summed E-state index contributed by atoms with van der Waals surface area (Å²) in [4.78, 5) is 16.6. The maximum Gasteiger partial charge on any atom is 0.410 e. The first-order valence-corrected chi connectivity index (χ1v) is 8.92. The molecule has 0 saturated carbocycles. The van der Waals surface area contributed by atoms with E-state index in [9.17, 15) is 4.79 Å². The molecule has 24 heavy (non-hydrogen) atoms. The minimum atomic E-state index is -0.362. The van der Waals surface area contributed by atoms with Gasteiger partial charge in [-0.25, -0.2) is 9.69 Å². The first-order chi connectivity index (χ1) is 11.3.